The minimum absolute atomic E-state index is 0.131. The van der Waals surface area contributed by atoms with Crippen molar-refractivity contribution < 1.29 is 22.7 Å². The van der Waals surface area contributed by atoms with Crippen LogP contribution >= 0.6 is 27.5 Å². The van der Waals surface area contributed by atoms with Crippen LogP contribution in [0.4, 0.5) is 13.2 Å². The molecule has 17 heavy (non-hydrogen) atoms. The molecule has 0 radical (unpaired) electrons. The Morgan fingerprint density at radius 1 is 1.47 bits per heavy atom. The summed E-state index contributed by atoms with van der Waals surface area (Å²) < 4.78 is 40.1. The van der Waals surface area contributed by atoms with Crippen LogP contribution in [-0.2, 0) is 4.79 Å². The minimum atomic E-state index is -4.79. The van der Waals surface area contributed by atoms with Gasteiger partial charge >= 0.3 is 6.36 Å². The molecule has 0 spiro atoms. The summed E-state index contributed by atoms with van der Waals surface area (Å²) in [7, 11) is 0. The summed E-state index contributed by atoms with van der Waals surface area (Å²) in [4.78, 5) is 11.0. The number of carbonyl (C=O) groups excluding carboxylic acids is 1. The molecule has 7 heteroatoms. The molecule has 0 aliphatic rings. The summed E-state index contributed by atoms with van der Waals surface area (Å²) >= 11 is 8.65. The summed E-state index contributed by atoms with van der Waals surface area (Å²) in [6.07, 6.45) is -4.79. The average molecular weight is 332 g/mol. The van der Waals surface area contributed by atoms with Gasteiger partial charge in [-0.3, -0.25) is 4.79 Å². The Bertz CT molecular complexity index is 434. The maximum atomic E-state index is 12.1. The normalized spacial score (nSPS) is 13.3. The second-order valence-corrected chi connectivity index (χ2v) is 4.50. The third-order valence-corrected chi connectivity index (χ3v) is 3.04. The Labute approximate surface area is 109 Å². The van der Waals surface area contributed by atoms with Crippen LogP contribution in [-0.4, -0.2) is 12.1 Å². The van der Waals surface area contributed by atoms with Gasteiger partial charge < -0.3 is 4.74 Å². The van der Waals surface area contributed by atoms with Gasteiger partial charge in [0.15, 0.2) is 5.78 Å². The van der Waals surface area contributed by atoms with Crippen LogP contribution in [0.15, 0.2) is 22.7 Å². The number of rotatable bonds is 3. The Kier molecular flexibility index (Phi) is 4.43. The molecule has 0 N–H and O–H groups in total. The molecule has 0 saturated heterocycles. The van der Waals surface area contributed by atoms with E-state index in [1.165, 1.54) is 19.1 Å². The third-order valence-electron chi connectivity index (χ3n) is 1.83. The highest BCUT2D eigenvalue weighted by Crippen LogP contribution is 2.34. The van der Waals surface area contributed by atoms with Crippen molar-refractivity contribution in [2.75, 3.05) is 0 Å². The Hall–Kier alpha value is -0.750. The number of halogens is 5. The Morgan fingerprint density at radius 2 is 2.06 bits per heavy atom. The van der Waals surface area contributed by atoms with E-state index in [0.717, 1.165) is 6.07 Å². The van der Waals surface area contributed by atoms with Gasteiger partial charge in [-0.25, -0.2) is 0 Å². The number of benzene rings is 1. The lowest BCUT2D eigenvalue weighted by atomic mass is 10.1. The molecule has 0 aromatic heterocycles. The average Bonchev–Trinajstić information content (AvgIpc) is 2.18. The zero-order valence-corrected chi connectivity index (χ0v) is 10.9. The second kappa shape index (κ2) is 5.27. The van der Waals surface area contributed by atoms with E-state index in [0.29, 0.717) is 0 Å². The molecule has 1 aromatic carbocycles. The van der Waals surface area contributed by atoms with Crippen LogP contribution in [0, 0.1) is 0 Å². The van der Waals surface area contributed by atoms with Gasteiger partial charge in [-0.05, 0) is 40.5 Å². The standard InChI is InChI=1S/C10H7BrClF3O2/c1-5(16)9(12)6-2-3-7(11)8(4-6)17-10(13,14)15/h2-4,9H,1H3. The van der Waals surface area contributed by atoms with Gasteiger partial charge in [-0.2, -0.15) is 0 Å². The molecule has 0 fully saturated rings. The second-order valence-electron chi connectivity index (χ2n) is 3.21. The van der Waals surface area contributed by atoms with E-state index < -0.39 is 17.5 Å². The molecule has 94 valence electrons. The fraction of sp³-hybridized carbons (Fsp3) is 0.300. The Balaban J connectivity index is 3.06. The predicted molar refractivity (Wildman–Crippen MR) is 60.1 cm³/mol. The smallest absolute Gasteiger partial charge is 0.405 e. The summed E-state index contributed by atoms with van der Waals surface area (Å²) in [5, 5.41) is -0.987. The van der Waals surface area contributed by atoms with Gasteiger partial charge in [0, 0.05) is 0 Å². The van der Waals surface area contributed by atoms with E-state index in [9.17, 15) is 18.0 Å². The van der Waals surface area contributed by atoms with Crippen LogP contribution in [0.25, 0.3) is 0 Å². The van der Waals surface area contributed by atoms with E-state index in [1.807, 2.05) is 0 Å². The molecule has 0 heterocycles. The lowest BCUT2D eigenvalue weighted by Crippen LogP contribution is -2.17. The van der Waals surface area contributed by atoms with E-state index in [2.05, 4.69) is 20.7 Å². The summed E-state index contributed by atoms with van der Waals surface area (Å²) in [5.74, 6) is -0.783. The Morgan fingerprint density at radius 3 is 2.53 bits per heavy atom. The molecule has 1 unspecified atom stereocenters. The monoisotopic (exact) mass is 330 g/mol. The van der Waals surface area contributed by atoms with Gasteiger partial charge in [-0.15, -0.1) is 24.8 Å². The van der Waals surface area contributed by atoms with Crippen molar-refractivity contribution in [1.29, 1.82) is 0 Å². The molecule has 1 rings (SSSR count). The summed E-state index contributed by atoms with van der Waals surface area (Å²) in [6.45, 7) is 1.25. The fourth-order valence-electron chi connectivity index (χ4n) is 1.12. The first-order valence-corrected chi connectivity index (χ1v) is 5.63. The molecule has 1 aromatic rings. The van der Waals surface area contributed by atoms with Crippen molar-refractivity contribution >= 4 is 33.3 Å². The molecular formula is C10H7BrClF3O2. The van der Waals surface area contributed by atoms with Crippen LogP contribution in [0.5, 0.6) is 5.75 Å². The molecule has 2 nitrogen and oxygen atoms in total. The SMILES string of the molecule is CC(=O)C(Cl)c1ccc(Br)c(OC(F)(F)F)c1. The quantitative estimate of drug-likeness (QED) is 0.775. The number of hydrogen-bond acceptors (Lipinski definition) is 2. The first kappa shape index (κ1) is 14.3. The molecular weight excluding hydrogens is 324 g/mol. The van der Waals surface area contributed by atoms with Gasteiger partial charge in [0.2, 0.25) is 0 Å². The zero-order valence-electron chi connectivity index (χ0n) is 8.52. The molecule has 0 aliphatic heterocycles. The first-order valence-electron chi connectivity index (χ1n) is 4.40. The van der Waals surface area contributed by atoms with E-state index in [4.69, 9.17) is 11.6 Å². The number of carbonyl (C=O) groups is 1. The van der Waals surface area contributed by atoms with Crippen molar-refractivity contribution in [3.8, 4) is 5.75 Å². The van der Waals surface area contributed by atoms with Gasteiger partial charge in [-0.1, -0.05) is 6.07 Å². The molecule has 0 bridgehead atoms. The number of hydrogen-bond donors (Lipinski definition) is 0. The van der Waals surface area contributed by atoms with E-state index in [1.54, 1.807) is 0 Å². The zero-order chi connectivity index (χ0) is 13.2. The lowest BCUT2D eigenvalue weighted by molar-refractivity contribution is -0.274. The maximum Gasteiger partial charge on any atom is 0.573 e. The van der Waals surface area contributed by atoms with Crippen molar-refractivity contribution in [2.24, 2.45) is 0 Å². The van der Waals surface area contributed by atoms with Crippen molar-refractivity contribution in [3.63, 3.8) is 0 Å². The molecule has 0 aliphatic carbocycles. The molecule has 0 amide bonds. The van der Waals surface area contributed by atoms with Gasteiger partial charge in [0.25, 0.3) is 0 Å². The van der Waals surface area contributed by atoms with E-state index in [-0.39, 0.29) is 15.8 Å². The van der Waals surface area contributed by atoms with Crippen molar-refractivity contribution in [1.82, 2.24) is 0 Å². The predicted octanol–water partition coefficient (Wildman–Crippen LogP) is 4.22. The van der Waals surface area contributed by atoms with Crippen molar-refractivity contribution in [3.05, 3.63) is 28.2 Å². The fourth-order valence-corrected chi connectivity index (χ4v) is 1.58. The topological polar surface area (TPSA) is 26.3 Å². The first-order chi connectivity index (χ1) is 7.70. The number of Topliss-reactive ketones (excluding diaryl/α,β-unsaturated/α-hetero) is 1. The largest absolute Gasteiger partial charge is 0.573 e. The lowest BCUT2D eigenvalue weighted by Gasteiger charge is -2.13. The van der Waals surface area contributed by atoms with Crippen LogP contribution in [0.2, 0.25) is 0 Å². The van der Waals surface area contributed by atoms with Gasteiger partial charge in [0.05, 0.1) is 4.47 Å². The van der Waals surface area contributed by atoms with Gasteiger partial charge in [0.1, 0.15) is 11.1 Å². The highest BCUT2D eigenvalue weighted by Gasteiger charge is 2.32. The highest BCUT2D eigenvalue weighted by molar-refractivity contribution is 9.10. The molecule has 1 atom stereocenters. The highest BCUT2D eigenvalue weighted by atomic mass is 79.9. The number of alkyl halides is 4. The van der Waals surface area contributed by atoms with Crippen LogP contribution in [0.3, 0.4) is 0 Å². The van der Waals surface area contributed by atoms with E-state index >= 15 is 0 Å². The summed E-state index contributed by atoms with van der Waals surface area (Å²) in [5.41, 5.74) is 0.251. The number of ketones is 1. The van der Waals surface area contributed by atoms with Crippen LogP contribution in [0.1, 0.15) is 17.9 Å². The third kappa shape index (κ3) is 4.20. The van der Waals surface area contributed by atoms with Crippen LogP contribution < -0.4 is 4.74 Å². The number of ether oxygens (including phenoxy) is 1. The minimum Gasteiger partial charge on any atom is -0.405 e. The molecule has 0 saturated carbocycles. The maximum absolute atomic E-state index is 12.1. The van der Waals surface area contributed by atoms with Crippen molar-refractivity contribution in [2.45, 2.75) is 18.7 Å². The summed E-state index contributed by atoms with van der Waals surface area (Å²) in [6, 6.07) is 3.87.